The molecule has 0 saturated heterocycles. The number of carbonyl (C=O) groups excluding carboxylic acids is 3. The summed E-state index contributed by atoms with van der Waals surface area (Å²) in [4.78, 5) is 48.6. The molecule has 1 heterocycles. The Labute approximate surface area is 210 Å². The molecule has 8 N–H and O–H groups in total. The van der Waals surface area contributed by atoms with Gasteiger partial charge in [0.1, 0.15) is 22.8 Å². The highest BCUT2D eigenvalue weighted by atomic mass is 16.3. The van der Waals surface area contributed by atoms with E-state index in [1.54, 1.807) is 20.2 Å². The second-order valence-corrected chi connectivity index (χ2v) is 9.78. The molecule has 0 aliphatic heterocycles. The van der Waals surface area contributed by atoms with E-state index in [-0.39, 0.29) is 35.7 Å². The van der Waals surface area contributed by atoms with Gasteiger partial charge in [-0.15, -0.1) is 0 Å². The zero-order valence-electron chi connectivity index (χ0n) is 20.0. The van der Waals surface area contributed by atoms with E-state index >= 15 is 0 Å². The van der Waals surface area contributed by atoms with Gasteiger partial charge in [-0.3, -0.25) is 19.3 Å². The first-order valence-corrected chi connectivity index (χ1v) is 11.5. The standard InChI is InChI=1S/C25H25N5O7/c1-30(2)18-13-6-9-5-12-11(10-7-28-24(27)29-8-10)3-4-14(31)16(12)19(32)15(9)21(34)25(13,37)22(35)17(20(18)33)23(26)36/h3-4,7-9,13,18,31,33-34,37H,5-6H2,1-2H3,(H2,26,36)(H2,27,28,29)/t9-,13-,18+,25-/m0/s1. The average molecular weight is 508 g/mol. The lowest BCUT2D eigenvalue weighted by atomic mass is 9.58. The molecular weight excluding hydrogens is 482 g/mol. The van der Waals surface area contributed by atoms with Crippen molar-refractivity contribution in [1.29, 1.82) is 0 Å². The van der Waals surface area contributed by atoms with Crippen molar-refractivity contribution >= 4 is 23.4 Å². The number of ketones is 2. The molecule has 5 rings (SSSR count). The van der Waals surface area contributed by atoms with Gasteiger partial charge in [0.2, 0.25) is 11.7 Å². The van der Waals surface area contributed by atoms with Gasteiger partial charge >= 0.3 is 0 Å². The van der Waals surface area contributed by atoms with Crippen LogP contribution >= 0.6 is 0 Å². The van der Waals surface area contributed by atoms with Gasteiger partial charge in [-0.25, -0.2) is 9.97 Å². The number of aliphatic hydroxyl groups is 3. The summed E-state index contributed by atoms with van der Waals surface area (Å²) in [6, 6.07) is 1.88. The van der Waals surface area contributed by atoms with Gasteiger partial charge in [-0.2, -0.15) is 0 Å². The number of Topliss-reactive ketones (excluding diaryl/α,β-unsaturated/α-hetero) is 2. The Morgan fingerprint density at radius 2 is 1.78 bits per heavy atom. The van der Waals surface area contributed by atoms with E-state index in [4.69, 9.17) is 11.5 Å². The minimum Gasteiger partial charge on any atom is -0.510 e. The summed E-state index contributed by atoms with van der Waals surface area (Å²) >= 11 is 0. The number of aromatic nitrogens is 2. The predicted molar refractivity (Wildman–Crippen MR) is 129 cm³/mol. The molecule has 3 aliphatic rings. The number of carbonyl (C=O) groups is 3. The molecule has 0 radical (unpaired) electrons. The molecule has 192 valence electrons. The van der Waals surface area contributed by atoms with E-state index in [0.717, 1.165) is 0 Å². The number of phenols is 1. The lowest BCUT2D eigenvalue weighted by Gasteiger charge is -2.50. The van der Waals surface area contributed by atoms with Crippen LogP contribution in [0.2, 0.25) is 0 Å². The van der Waals surface area contributed by atoms with Gasteiger partial charge in [0.15, 0.2) is 11.4 Å². The monoisotopic (exact) mass is 507 g/mol. The van der Waals surface area contributed by atoms with Crippen molar-refractivity contribution in [1.82, 2.24) is 14.9 Å². The number of nitrogens with two attached hydrogens (primary N) is 2. The number of amides is 1. The molecule has 1 amide bonds. The maximum atomic E-state index is 13.7. The van der Waals surface area contributed by atoms with Crippen LogP contribution in [0, 0.1) is 11.8 Å². The molecule has 3 aliphatic carbocycles. The molecule has 12 nitrogen and oxygen atoms in total. The molecule has 0 unspecified atom stereocenters. The van der Waals surface area contributed by atoms with Gasteiger partial charge in [0.05, 0.1) is 11.6 Å². The first-order valence-electron chi connectivity index (χ1n) is 11.5. The van der Waals surface area contributed by atoms with Crippen molar-refractivity contribution in [3.05, 3.63) is 58.3 Å². The minimum absolute atomic E-state index is 0.000897. The number of aliphatic hydroxyl groups excluding tert-OH is 2. The number of phenolic OH excluding ortho intramolecular Hbond substituents is 1. The summed E-state index contributed by atoms with van der Waals surface area (Å²) in [6.45, 7) is 0. The van der Waals surface area contributed by atoms with Gasteiger partial charge < -0.3 is 31.9 Å². The molecule has 12 heteroatoms. The van der Waals surface area contributed by atoms with E-state index in [1.807, 2.05) is 0 Å². The Morgan fingerprint density at radius 3 is 2.38 bits per heavy atom. The Bertz CT molecular complexity index is 1450. The summed E-state index contributed by atoms with van der Waals surface area (Å²) in [5.74, 6) is -6.89. The number of fused-ring (bicyclic) bond motifs is 3. The lowest BCUT2D eigenvalue weighted by molar-refractivity contribution is -0.148. The first kappa shape index (κ1) is 24.4. The molecule has 37 heavy (non-hydrogen) atoms. The number of rotatable bonds is 3. The SMILES string of the molecule is CN(C)[C@H]1C(O)=C(C(N)=O)C(=O)[C@@]2(O)C(O)=C3C(=O)c4c(O)ccc(-c5cnc(N)nc5)c4C[C@H]3C[C@@H]12. The highest BCUT2D eigenvalue weighted by molar-refractivity contribution is 6.24. The first-order chi connectivity index (χ1) is 17.4. The highest BCUT2D eigenvalue weighted by Crippen LogP contribution is 2.53. The molecule has 2 aromatic rings. The van der Waals surface area contributed by atoms with Gasteiger partial charge in [-0.05, 0) is 50.0 Å². The average Bonchev–Trinajstić information content (AvgIpc) is 2.82. The second-order valence-electron chi connectivity index (χ2n) is 9.78. The fourth-order valence-corrected chi connectivity index (χ4v) is 6.00. The maximum Gasteiger partial charge on any atom is 0.255 e. The van der Waals surface area contributed by atoms with E-state index < -0.39 is 58.0 Å². The topological polar surface area (TPSA) is 213 Å². The predicted octanol–water partition coefficient (Wildman–Crippen LogP) is 0.160. The van der Waals surface area contributed by atoms with E-state index in [1.165, 1.54) is 23.4 Å². The Balaban J connectivity index is 1.72. The molecule has 0 fully saturated rings. The van der Waals surface area contributed by atoms with Crippen LogP contribution in [-0.4, -0.2) is 78.5 Å². The number of nitrogens with zero attached hydrogens (tertiary/aromatic N) is 3. The zero-order chi connectivity index (χ0) is 27.0. The molecule has 0 saturated carbocycles. The lowest BCUT2D eigenvalue weighted by Crippen LogP contribution is -2.63. The quantitative estimate of drug-likeness (QED) is 0.308. The number of aromatic hydroxyl groups is 1. The van der Waals surface area contributed by atoms with Crippen LogP contribution in [0.5, 0.6) is 5.75 Å². The molecule has 0 spiro atoms. The summed E-state index contributed by atoms with van der Waals surface area (Å²) in [5, 5.41) is 44.4. The molecule has 4 atom stereocenters. The Morgan fingerprint density at radius 1 is 1.14 bits per heavy atom. The second kappa shape index (κ2) is 8.11. The zero-order valence-corrected chi connectivity index (χ0v) is 20.0. The number of likely N-dealkylation sites (N-methyl/N-ethyl adjacent to an activating group) is 1. The van der Waals surface area contributed by atoms with Crippen molar-refractivity contribution < 1.29 is 34.8 Å². The molecular formula is C25H25N5O7. The van der Waals surface area contributed by atoms with Crippen LogP contribution in [0.1, 0.15) is 22.3 Å². The van der Waals surface area contributed by atoms with Crippen LogP contribution in [0.4, 0.5) is 5.95 Å². The number of anilines is 1. The van der Waals surface area contributed by atoms with E-state index in [2.05, 4.69) is 9.97 Å². The third-order valence-electron chi connectivity index (χ3n) is 7.59. The number of nitrogen functional groups attached to an aromatic ring is 1. The molecule has 0 bridgehead atoms. The third-order valence-corrected chi connectivity index (χ3v) is 7.59. The fraction of sp³-hybridized carbons (Fsp3) is 0.320. The summed E-state index contributed by atoms with van der Waals surface area (Å²) < 4.78 is 0. The Hall–Kier alpha value is -4.29. The van der Waals surface area contributed by atoms with Gasteiger partial charge in [0.25, 0.3) is 5.91 Å². The van der Waals surface area contributed by atoms with Crippen molar-refractivity contribution in [3.63, 3.8) is 0 Å². The van der Waals surface area contributed by atoms with Crippen LogP contribution in [0.15, 0.2) is 47.2 Å². The number of hydrogen-bond acceptors (Lipinski definition) is 11. The van der Waals surface area contributed by atoms with Crippen molar-refractivity contribution in [2.75, 3.05) is 19.8 Å². The number of hydrogen-bond donors (Lipinski definition) is 6. The smallest absolute Gasteiger partial charge is 0.255 e. The van der Waals surface area contributed by atoms with Crippen LogP contribution < -0.4 is 11.5 Å². The van der Waals surface area contributed by atoms with Gasteiger partial charge in [0, 0.05) is 29.4 Å². The van der Waals surface area contributed by atoms with Crippen molar-refractivity contribution in [3.8, 4) is 16.9 Å². The minimum atomic E-state index is -2.68. The van der Waals surface area contributed by atoms with E-state index in [0.29, 0.717) is 16.7 Å². The Kier molecular flexibility index (Phi) is 5.35. The fourth-order valence-electron chi connectivity index (χ4n) is 6.00. The summed E-state index contributed by atoms with van der Waals surface area (Å²) in [6.07, 6.45) is 3.12. The summed E-state index contributed by atoms with van der Waals surface area (Å²) in [7, 11) is 3.15. The van der Waals surface area contributed by atoms with Crippen LogP contribution in [0.25, 0.3) is 11.1 Å². The van der Waals surface area contributed by atoms with Gasteiger partial charge in [-0.1, -0.05) is 6.07 Å². The highest BCUT2D eigenvalue weighted by Gasteiger charge is 2.63. The summed E-state index contributed by atoms with van der Waals surface area (Å²) in [5.41, 5.74) is 8.70. The van der Waals surface area contributed by atoms with Crippen LogP contribution in [0.3, 0.4) is 0 Å². The van der Waals surface area contributed by atoms with Crippen molar-refractivity contribution in [2.24, 2.45) is 17.6 Å². The molecule has 1 aromatic heterocycles. The number of allylic oxidation sites excluding steroid dienone is 1. The number of primary amides is 1. The van der Waals surface area contributed by atoms with Crippen LogP contribution in [-0.2, 0) is 16.0 Å². The van der Waals surface area contributed by atoms with Crippen molar-refractivity contribution in [2.45, 2.75) is 24.5 Å². The molecule has 1 aromatic carbocycles. The third kappa shape index (κ3) is 3.26. The normalized spacial score (nSPS) is 27.2. The largest absolute Gasteiger partial charge is 0.510 e. The van der Waals surface area contributed by atoms with E-state index in [9.17, 15) is 34.8 Å². The number of benzene rings is 1. The maximum absolute atomic E-state index is 13.7.